The molecule has 0 radical (unpaired) electrons. The average molecular weight is 1680 g/mol. The van der Waals surface area contributed by atoms with Crippen LogP contribution in [0.4, 0.5) is 0 Å². The second kappa shape index (κ2) is 32.3. The van der Waals surface area contributed by atoms with Crippen molar-refractivity contribution in [2.24, 2.45) is 0 Å². The maximum Gasteiger partial charge on any atom is 0.0991 e. The molecule has 0 saturated carbocycles. The zero-order chi connectivity index (χ0) is 87.9. The molecule has 0 aliphatic carbocycles. The summed E-state index contributed by atoms with van der Waals surface area (Å²) in [5.41, 5.74) is 34.6. The Morgan fingerprint density at radius 2 is 0.288 bits per heavy atom. The molecular weight excluding hydrogens is 1600 g/mol. The van der Waals surface area contributed by atoms with E-state index in [0.717, 1.165) is 67.4 Å². The molecule has 0 bridgehead atoms. The van der Waals surface area contributed by atoms with Crippen LogP contribution in [0.25, 0.3) is 221 Å². The molecular formula is C123H77N9. The van der Waals surface area contributed by atoms with Crippen molar-refractivity contribution in [1.82, 2.24) is 27.4 Å². The van der Waals surface area contributed by atoms with Crippen molar-refractivity contribution in [2.45, 2.75) is 0 Å². The number of nitriles is 3. The Hall–Kier alpha value is -18.3. The Balaban J connectivity index is 0.000000110. The second-order valence-electron chi connectivity index (χ2n) is 33.6. The fourth-order valence-corrected chi connectivity index (χ4v) is 20.1. The summed E-state index contributed by atoms with van der Waals surface area (Å²) in [5, 5.41) is 42.6. The van der Waals surface area contributed by atoms with Crippen molar-refractivity contribution >= 4 is 131 Å². The lowest BCUT2D eigenvalue weighted by Crippen LogP contribution is -1.94. The summed E-state index contributed by atoms with van der Waals surface area (Å²) in [6.45, 7) is 0. The van der Waals surface area contributed by atoms with E-state index in [1.54, 1.807) is 0 Å². The van der Waals surface area contributed by atoms with Crippen molar-refractivity contribution in [3.63, 3.8) is 0 Å². The number of aromatic nitrogens is 6. The van der Waals surface area contributed by atoms with Crippen LogP contribution in [0.15, 0.2) is 467 Å². The number of rotatable bonds is 11. The minimum atomic E-state index is 0.663. The summed E-state index contributed by atoms with van der Waals surface area (Å²) >= 11 is 0. The van der Waals surface area contributed by atoms with Gasteiger partial charge >= 0.3 is 0 Å². The minimum Gasteiger partial charge on any atom is -0.309 e. The molecule has 26 aromatic rings. The third kappa shape index (κ3) is 13.2. The highest BCUT2D eigenvalue weighted by Gasteiger charge is 2.22. The van der Waals surface area contributed by atoms with E-state index in [0.29, 0.717) is 16.7 Å². The highest BCUT2D eigenvalue weighted by molar-refractivity contribution is 6.16. The normalized spacial score (nSPS) is 11.5. The topological polar surface area (TPSA) is 101 Å². The number of nitrogens with zero attached hydrogens (tertiary/aromatic N) is 9. The van der Waals surface area contributed by atoms with Crippen molar-refractivity contribution in [3.8, 4) is 108 Å². The summed E-state index contributed by atoms with van der Waals surface area (Å²) < 4.78 is 14.0. The molecule has 0 N–H and O–H groups in total. The summed E-state index contributed by atoms with van der Waals surface area (Å²) in [7, 11) is 0. The van der Waals surface area contributed by atoms with Gasteiger partial charge in [0.1, 0.15) is 0 Å². The molecule has 0 aliphatic heterocycles. The molecule has 0 atom stereocenters. The first-order chi connectivity index (χ1) is 65.3. The molecule has 0 fully saturated rings. The van der Waals surface area contributed by atoms with Crippen molar-refractivity contribution in [2.75, 3.05) is 0 Å². The fraction of sp³-hybridized carbons (Fsp3) is 0. The lowest BCUT2D eigenvalue weighted by Gasteiger charge is -2.11. The first kappa shape index (κ1) is 77.3. The Morgan fingerprint density at radius 1 is 0.121 bits per heavy atom. The number of para-hydroxylation sites is 9. The summed E-state index contributed by atoms with van der Waals surface area (Å²) in [6, 6.07) is 172. The third-order valence-electron chi connectivity index (χ3n) is 26.3. The van der Waals surface area contributed by atoms with Gasteiger partial charge < -0.3 is 27.4 Å². The highest BCUT2D eigenvalue weighted by atomic mass is 15.0. The van der Waals surface area contributed by atoms with Crippen LogP contribution >= 0.6 is 0 Å². The van der Waals surface area contributed by atoms with E-state index < -0.39 is 0 Å². The van der Waals surface area contributed by atoms with Gasteiger partial charge in [0, 0.05) is 98.8 Å². The summed E-state index contributed by atoms with van der Waals surface area (Å²) in [5.74, 6) is 0. The molecule has 9 nitrogen and oxygen atoms in total. The van der Waals surface area contributed by atoms with Gasteiger partial charge in [0.05, 0.1) is 101 Å². The number of hydrogen-bond donors (Lipinski definition) is 0. The van der Waals surface area contributed by atoms with E-state index in [4.69, 9.17) is 5.26 Å². The molecule has 26 rings (SSSR count). The Bertz CT molecular complexity index is 9030. The molecule has 9 heteroatoms. The van der Waals surface area contributed by atoms with E-state index in [2.05, 4.69) is 440 Å². The fourth-order valence-electron chi connectivity index (χ4n) is 20.1. The predicted molar refractivity (Wildman–Crippen MR) is 547 cm³/mol. The van der Waals surface area contributed by atoms with Gasteiger partial charge in [-0.25, -0.2) is 0 Å². The van der Waals surface area contributed by atoms with E-state index in [1.807, 2.05) is 72.8 Å². The van der Waals surface area contributed by atoms with Gasteiger partial charge in [-0.15, -0.1) is 0 Å². The molecule has 6 aromatic heterocycles. The van der Waals surface area contributed by atoms with Crippen LogP contribution < -0.4 is 0 Å². The lowest BCUT2D eigenvalue weighted by atomic mass is 10.0. The van der Waals surface area contributed by atoms with Crippen LogP contribution in [0, 0.1) is 34.0 Å². The smallest absolute Gasteiger partial charge is 0.0991 e. The minimum absolute atomic E-state index is 0.663. The van der Waals surface area contributed by atoms with Gasteiger partial charge in [0.25, 0.3) is 0 Å². The number of hydrogen-bond acceptors (Lipinski definition) is 3. The molecule has 132 heavy (non-hydrogen) atoms. The van der Waals surface area contributed by atoms with Crippen LogP contribution in [0.1, 0.15) is 16.7 Å². The molecule has 0 saturated heterocycles. The lowest BCUT2D eigenvalue weighted by molar-refractivity contribution is 1.18. The van der Waals surface area contributed by atoms with Gasteiger partial charge in [-0.3, -0.25) is 0 Å². The van der Waals surface area contributed by atoms with E-state index in [-0.39, 0.29) is 0 Å². The molecule has 0 aliphatic rings. The monoisotopic (exact) mass is 1680 g/mol. The van der Waals surface area contributed by atoms with Crippen LogP contribution in [-0.4, -0.2) is 27.4 Å². The van der Waals surface area contributed by atoms with Crippen LogP contribution in [0.2, 0.25) is 0 Å². The standard InChI is InChI=1S/2C43H27N3.C37H23N3/c44-28-29-16-18-30(19-17-29)32-8-7-9-35(26-32)46-42-15-6-3-12-38(42)39-27-33(22-25-43(39)46)31-20-23-34(24-21-31)45-40-13-4-1-10-36(40)37-11-2-5-14-41(37)45;44-28-29-13-15-30(16-14-29)31-17-22-35(23-18-31)46-42-12-6-3-9-38(42)39-27-33(21-26-43(39)46)32-19-24-34(25-20-32)45-40-10-4-1-7-36(40)37-8-2-5-11-41(37)45;38-24-25-13-18-28(19-14-25)40-36-12-6-3-9-32(36)33-23-27(17-22-37(33)40)26-15-20-29(21-16-26)39-34-10-4-1-7-30(34)31-8-2-5-11-35(31)39/h2*1-27H;1-23H. The molecule has 0 amide bonds. The first-order valence-electron chi connectivity index (χ1n) is 44.4. The van der Waals surface area contributed by atoms with Crippen LogP contribution in [0.3, 0.4) is 0 Å². The van der Waals surface area contributed by atoms with Crippen LogP contribution in [-0.2, 0) is 0 Å². The third-order valence-corrected chi connectivity index (χ3v) is 26.3. The second-order valence-corrected chi connectivity index (χ2v) is 33.6. The van der Waals surface area contributed by atoms with Gasteiger partial charge in [-0.2, -0.15) is 15.8 Å². The van der Waals surface area contributed by atoms with Crippen LogP contribution in [0.5, 0.6) is 0 Å². The molecule has 614 valence electrons. The molecule has 6 heterocycles. The number of benzene rings is 20. The average Bonchev–Trinajstić information content (AvgIpc) is 1.64. The Labute approximate surface area is 760 Å². The largest absolute Gasteiger partial charge is 0.309 e. The highest BCUT2D eigenvalue weighted by Crippen LogP contribution is 2.43. The molecule has 0 spiro atoms. The van der Waals surface area contributed by atoms with Crippen molar-refractivity contribution in [3.05, 3.63) is 484 Å². The molecule has 20 aromatic carbocycles. The quantitative estimate of drug-likeness (QED) is 0.129. The van der Waals surface area contributed by atoms with Crippen molar-refractivity contribution in [1.29, 1.82) is 15.8 Å². The maximum atomic E-state index is 9.25. The maximum absolute atomic E-state index is 9.25. The van der Waals surface area contributed by atoms with Gasteiger partial charge in [-0.05, 0) is 256 Å². The van der Waals surface area contributed by atoms with Crippen molar-refractivity contribution < 1.29 is 0 Å². The predicted octanol–water partition coefficient (Wildman–Crippen LogP) is 31.6. The van der Waals surface area contributed by atoms with Gasteiger partial charge in [-0.1, -0.05) is 267 Å². The summed E-state index contributed by atoms with van der Waals surface area (Å²) in [4.78, 5) is 0. The SMILES string of the molecule is N#Cc1ccc(-c2ccc(-n3c4ccccc4c4cc(-c5ccc(-n6c7ccccc7c7ccccc76)cc5)ccc43)cc2)cc1.N#Cc1ccc(-c2cccc(-n3c4ccccc4c4cc(-c5ccc(-n6c7ccccc7c7ccccc76)cc5)ccc43)c2)cc1.N#Cc1ccc(-n2c3ccccc3c3cc(-c4ccc(-n5c6ccccc6c6ccccc65)cc4)ccc32)cc1. The van der Waals surface area contributed by atoms with E-state index in [1.165, 1.54) is 153 Å². The van der Waals surface area contributed by atoms with E-state index >= 15 is 0 Å². The first-order valence-corrected chi connectivity index (χ1v) is 44.4. The zero-order valence-electron chi connectivity index (χ0n) is 71.5. The summed E-state index contributed by atoms with van der Waals surface area (Å²) in [6.07, 6.45) is 0. The van der Waals surface area contributed by atoms with Gasteiger partial charge in [0.15, 0.2) is 0 Å². The van der Waals surface area contributed by atoms with Gasteiger partial charge in [0.2, 0.25) is 0 Å². The Kier molecular flexibility index (Phi) is 18.9. The zero-order valence-corrected chi connectivity index (χ0v) is 71.5. The van der Waals surface area contributed by atoms with E-state index in [9.17, 15) is 10.5 Å². The molecule has 0 unspecified atom stereocenters. The number of fused-ring (bicyclic) bond motifs is 18. The Morgan fingerprint density at radius 3 is 0.523 bits per heavy atom.